The van der Waals surface area contributed by atoms with Gasteiger partial charge in [-0.3, -0.25) is 4.79 Å². The second kappa shape index (κ2) is 6.23. The van der Waals surface area contributed by atoms with Gasteiger partial charge >= 0.3 is 5.97 Å². The van der Waals surface area contributed by atoms with Crippen molar-refractivity contribution in [2.45, 2.75) is 12.5 Å². The minimum atomic E-state index is -1.07. The standard InChI is InChI=1S/C15H17NO6/c17-14(16-4-7-20-9-11(16)15(18)19)10-2-3-12-13(8-10)22-6-1-5-21-12/h2-3,8,11H,1,4-7,9H2,(H,18,19)/t11-/m1/s1. The molecule has 0 aliphatic carbocycles. The van der Waals surface area contributed by atoms with E-state index in [1.807, 2.05) is 0 Å². The molecule has 1 N–H and O–H groups in total. The van der Waals surface area contributed by atoms with Crippen LogP contribution in [-0.2, 0) is 9.53 Å². The van der Waals surface area contributed by atoms with Gasteiger partial charge in [-0.25, -0.2) is 4.79 Å². The first-order valence-electron chi connectivity index (χ1n) is 7.18. The third-order valence-corrected chi connectivity index (χ3v) is 3.67. The van der Waals surface area contributed by atoms with Crippen LogP contribution in [0.4, 0.5) is 0 Å². The van der Waals surface area contributed by atoms with Gasteiger partial charge in [-0.15, -0.1) is 0 Å². The molecule has 0 bridgehead atoms. The largest absolute Gasteiger partial charge is 0.490 e. The number of ether oxygens (including phenoxy) is 3. The maximum Gasteiger partial charge on any atom is 0.328 e. The third kappa shape index (κ3) is 2.85. The Balaban J connectivity index is 1.85. The van der Waals surface area contributed by atoms with E-state index in [1.165, 1.54) is 4.90 Å². The molecule has 1 saturated heterocycles. The molecule has 1 atom stereocenters. The molecule has 1 aromatic rings. The SMILES string of the molecule is O=C(O)[C@H]1COCCN1C(=O)c1ccc2c(c1)OCCCO2. The molecule has 2 aliphatic rings. The van der Waals surface area contributed by atoms with Gasteiger partial charge in [-0.05, 0) is 18.2 Å². The summed E-state index contributed by atoms with van der Waals surface area (Å²) in [6.07, 6.45) is 0.780. The summed E-state index contributed by atoms with van der Waals surface area (Å²) in [6, 6.07) is 3.96. The Labute approximate surface area is 127 Å². The van der Waals surface area contributed by atoms with Crippen LogP contribution in [0.2, 0.25) is 0 Å². The lowest BCUT2D eigenvalue weighted by molar-refractivity contribution is -0.147. The lowest BCUT2D eigenvalue weighted by atomic mass is 10.1. The Hall–Kier alpha value is -2.28. The van der Waals surface area contributed by atoms with Gasteiger partial charge in [-0.2, -0.15) is 0 Å². The summed E-state index contributed by atoms with van der Waals surface area (Å²) in [5.41, 5.74) is 0.386. The van der Waals surface area contributed by atoms with Gasteiger partial charge in [0.15, 0.2) is 17.5 Å². The molecule has 7 nitrogen and oxygen atoms in total. The van der Waals surface area contributed by atoms with Crippen molar-refractivity contribution in [3.8, 4) is 11.5 Å². The molecule has 2 heterocycles. The van der Waals surface area contributed by atoms with Crippen LogP contribution >= 0.6 is 0 Å². The number of morpholine rings is 1. The summed E-state index contributed by atoms with van der Waals surface area (Å²) in [5, 5.41) is 9.22. The highest BCUT2D eigenvalue weighted by Gasteiger charge is 2.33. The summed E-state index contributed by atoms with van der Waals surface area (Å²) in [6.45, 7) is 1.70. The van der Waals surface area contributed by atoms with Crippen molar-refractivity contribution in [2.24, 2.45) is 0 Å². The molecule has 1 amide bonds. The van der Waals surface area contributed by atoms with Crippen molar-refractivity contribution in [1.29, 1.82) is 0 Å². The second-order valence-corrected chi connectivity index (χ2v) is 5.14. The number of benzene rings is 1. The number of hydrogen-bond acceptors (Lipinski definition) is 5. The van der Waals surface area contributed by atoms with Gasteiger partial charge in [0.25, 0.3) is 5.91 Å². The number of carbonyl (C=O) groups excluding carboxylic acids is 1. The smallest absolute Gasteiger partial charge is 0.328 e. The molecule has 1 fully saturated rings. The topological polar surface area (TPSA) is 85.3 Å². The first-order valence-corrected chi connectivity index (χ1v) is 7.18. The zero-order valence-electron chi connectivity index (χ0n) is 12.0. The first kappa shape index (κ1) is 14.6. The molecule has 2 aliphatic heterocycles. The number of carboxylic acids is 1. The van der Waals surface area contributed by atoms with Crippen LogP contribution in [-0.4, -0.2) is 60.9 Å². The molecule has 0 unspecified atom stereocenters. The molecule has 0 aromatic heterocycles. The van der Waals surface area contributed by atoms with Gasteiger partial charge in [0.05, 0.1) is 26.4 Å². The van der Waals surface area contributed by atoms with E-state index in [2.05, 4.69) is 0 Å². The van der Waals surface area contributed by atoms with Crippen LogP contribution in [0, 0.1) is 0 Å². The van der Waals surface area contributed by atoms with Gasteiger partial charge in [0.2, 0.25) is 0 Å². The third-order valence-electron chi connectivity index (χ3n) is 3.67. The Morgan fingerprint density at radius 1 is 1.14 bits per heavy atom. The number of hydrogen-bond donors (Lipinski definition) is 1. The van der Waals surface area contributed by atoms with Crippen molar-refractivity contribution < 1.29 is 28.9 Å². The van der Waals surface area contributed by atoms with Crippen LogP contribution in [0.3, 0.4) is 0 Å². The van der Waals surface area contributed by atoms with Gasteiger partial charge in [0.1, 0.15) is 0 Å². The minimum absolute atomic E-state index is 0.00558. The lowest BCUT2D eigenvalue weighted by Crippen LogP contribution is -2.52. The van der Waals surface area contributed by atoms with E-state index in [-0.39, 0.29) is 19.1 Å². The molecular formula is C15H17NO6. The highest BCUT2D eigenvalue weighted by molar-refractivity contribution is 5.97. The number of rotatable bonds is 2. The van der Waals surface area contributed by atoms with Crippen LogP contribution in [0.25, 0.3) is 0 Å². The fourth-order valence-electron chi connectivity index (χ4n) is 2.51. The van der Waals surface area contributed by atoms with Crippen molar-refractivity contribution in [1.82, 2.24) is 4.90 Å². The molecule has 0 saturated carbocycles. The number of aliphatic carboxylic acids is 1. The Bertz CT molecular complexity index is 587. The Kier molecular flexibility index (Phi) is 4.15. The lowest BCUT2D eigenvalue weighted by Gasteiger charge is -2.33. The zero-order valence-corrected chi connectivity index (χ0v) is 12.0. The number of carbonyl (C=O) groups is 2. The quantitative estimate of drug-likeness (QED) is 0.869. The first-order chi connectivity index (χ1) is 10.7. The second-order valence-electron chi connectivity index (χ2n) is 5.14. The molecule has 3 rings (SSSR count). The molecule has 0 radical (unpaired) electrons. The maximum absolute atomic E-state index is 12.6. The number of carboxylic acid groups (broad SMARTS) is 1. The highest BCUT2D eigenvalue weighted by Crippen LogP contribution is 2.31. The molecular weight excluding hydrogens is 290 g/mol. The monoisotopic (exact) mass is 307 g/mol. The summed E-state index contributed by atoms with van der Waals surface area (Å²) in [4.78, 5) is 25.2. The minimum Gasteiger partial charge on any atom is -0.490 e. The predicted octanol–water partition coefficient (Wildman–Crippen LogP) is 0.773. The fraction of sp³-hybridized carbons (Fsp3) is 0.467. The molecule has 0 spiro atoms. The van der Waals surface area contributed by atoms with Crippen LogP contribution in [0.1, 0.15) is 16.8 Å². The average molecular weight is 307 g/mol. The highest BCUT2D eigenvalue weighted by atomic mass is 16.5. The van der Waals surface area contributed by atoms with Crippen molar-refractivity contribution >= 4 is 11.9 Å². The molecule has 7 heteroatoms. The average Bonchev–Trinajstić information content (AvgIpc) is 2.78. The van der Waals surface area contributed by atoms with Gasteiger partial charge in [-0.1, -0.05) is 0 Å². The predicted molar refractivity (Wildman–Crippen MR) is 75.3 cm³/mol. The summed E-state index contributed by atoms with van der Waals surface area (Å²) >= 11 is 0. The van der Waals surface area contributed by atoms with E-state index >= 15 is 0 Å². The normalized spacial score (nSPS) is 21.1. The summed E-state index contributed by atoms with van der Waals surface area (Å²) < 4.78 is 16.2. The van der Waals surface area contributed by atoms with Crippen LogP contribution in [0.15, 0.2) is 18.2 Å². The van der Waals surface area contributed by atoms with E-state index < -0.39 is 12.0 Å². The maximum atomic E-state index is 12.6. The van der Waals surface area contributed by atoms with Gasteiger partial charge in [0, 0.05) is 18.5 Å². The van der Waals surface area contributed by atoms with E-state index in [4.69, 9.17) is 14.2 Å². The Morgan fingerprint density at radius 3 is 2.68 bits per heavy atom. The number of amides is 1. The molecule has 118 valence electrons. The van der Waals surface area contributed by atoms with E-state index in [1.54, 1.807) is 18.2 Å². The van der Waals surface area contributed by atoms with Gasteiger partial charge < -0.3 is 24.2 Å². The van der Waals surface area contributed by atoms with Crippen LogP contribution < -0.4 is 9.47 Å². The fourth-order valence-corrected chi connectivity index (χ4v) is 2.51. The summed E-state index contributed by atoms with van der Waals surface area (Å²) in [7, 11) is 0. The van der Waals surface area contributed by atoms with E-state index in [0.717, 1.165) is 6.42 Å². The number of fused-ring (bicyclic) bond motifs is 1. The van der Waals surface area contributed by atoms with Crippen LogP contribution in [0.5, 0.6) is 11.5 Å². The zero-order chi connectivity index (χ0) is 15.5. The van der Waals surface area contributed by atoms with Crippen molar-refractivity contribution in [3.63, 3.8) is 0 Å². The van der Waals surface area contributed by atoms with E-state index in [0.29, 0.717) is 36.9 Å². The number of nitrogens with zero attached hydrogens (tertiary/aromatic N) is 1. The summed E-state index contributed by atoms with van der Waals surface area (Å²) in [5.74, 6) is -0.289. The Morgan fingerprint density at radius 2 is 1.91 bits per heavy atom. The molecule has 1 aromatic carbocycles. The van der Waals surface area contributed by atoms with Crippen molar-refractivity contribution in [2.75, 3.05) is 33.0 Å². The van der Waals surface area contributed by atoms with E-state index in [9.17, 15) is 14.7 Å². The molecule has 22 heavy (non-hydrogen) atoms. The van der Waals surface area contributed by atoms with Crippen molar-refractivity contribution in [3.05, 3.63) is 23.8 Å².